The topological polar surface area (TPSA) is 60.9 Å². The van der Waals surface area contributed by atoms with Crippen LogP contribution in [0.5, 0.6) is 0 Å². The molecule has 2 N–H and O–H groups in total. The van der Waals surface area contributed by atoms with Gasteiger partial charge in [0.1, 0.15) is 11.5 Å². The summed E-state index contributed by atoms with van der Waals surface area (Å²) < 4.78 is 1.68. The molecule has 0 amide bonds. The fourth-order valence-corrected chi connectivity index (χ4v) is 1.53. The van der Waals surface area contributed by atoms with E-state index < -0.39 is 0 Å². The predicted molar refractivity (Wildman–Crippen MR) is 60.3 cm³/mol. The molecular weight excluding hydrogens is 225 g/mol. The van der Waals surface area contributed by atoms with Gasteiger partial charge in [-0.3, -0.25) is 9.36 Å². The Kier molecular flexibility index (Phi) is 4.94. The third-order valence-corrected chi connectivity index (χ3v) is 2.19. The summed E-state index contributed by atoms with van der Waals surface area (Å²) in [5, 5.41) is 0. The van der Waals surface area contributed by atoms with E-state index >= 15 is 0 Å². The Hall–Kier alpha value is -0.740. The van der Waals surface area contributed by atoms with Crippen LogP contribution < -0.4 is 11.3 Å². The van der Waals surface area contributed by atoms with Gasteiger partial charge in [-0.2, -0.15) is 0 Å². The number of fused-ring (bicyclic) bond motifs is 1. The monoisotopic (exact) mass is 237 g/mol. The Morgan fingerprint density at radius 1 is 1.36 bits per heavy atom. The van der Waals surface area contributed by atoms with Crippen LogP contribution in [0.15, 0.2) is 11.0 Å². The van der Waals surface area contributed by atoms with Crippen LogP contribution in [0.2, 0.25) is 0 Å². The lowest BCUT2D eigenvalue weighted by Crippen LogP contribution is -2.29. The summed E-state index contributed by atoms with van der Waals surface area (Å²) >= 11 is 0. The van der Waals surface area contributed by atoms with Crippen molar-refractivity contribution in [2.24, 2.45) is 0 Å². The van der Waals surface area contributed by atoms with Crippen LogP contribution in [0.1, 0.15) is 18.7 Å². The summed E-state index contributed by atoms with van der Waals surface area (Å²) in [4.78, 5) is 15.5. The molecule has 0 aliphatic carbocycles. The maximum absolute atomic E-state index is 11.4. The number of nitrogen functional groups attached to an aromatic ring is 1. The minimum Gasteiger partial charge on any atom is -0.393 e. The summed E-state index contributed by atoms with van der Waals surface area (Å²) in [7, 11) is 0. The van der Waals surface area contributed by atoms with E-state index in [1.54, 1.807) is 4.57 Å². The number of rotatable bonds is 0. The highest BCUT2D eigenvalue weighted by atomic mass is 35.5. The van der Waals surface area contributed by atoms with E-state index in [2.05, 4.69) is 4.98 Å². The highest BCUT2D eigenvalue weighted by Crippen LogP contribution is 2.09. The number of nitrogens with two attached hydrogens (primary N) is 1. The van der Waals surface area contributed by atoms with Crippen LogP contribution >= 0.6 is 24.8 Å². The van der Waals surface area contributed by atoms with Crippen LogP contribution in [0, 0.1) is 0 Å². The van der Waals surface area contributed by atoms with Gasteiger partial charge in [-0.05, 0) is 12.8 Å². The molecule has 0 saturated carbocycles. The number of aromatic nitrogens is 2. The Balaban J connectivity index is 0.000000845. The zero-order valence-corrected chi connectivity index (χ0v) is 9.24. The highest BCUT2D eigenvalue weighted by Gasteiger charge is 2.11. The lowest BCUT2D eigenvalue weighted by molar-refractivity contribution is 0.497. The van der Waals surface area contributed by atoms with Crippen molar-refractivity contribution in [3.8, 4) is 0 Å². The number of anilines is 1. The van der Waals surface area contributed by atoms with Crippen molar-refractivity contribution in [1.82, 2.24) is 9.55 Å². The number of hydrogen-bond acceptors (Lipinski definition) is 3. The lowest BCUT2D eigenvalue weighted by Gasteiger charge is -2.16. The van der Waals surface area contributed by atoms with Gasteiger partial charge in [-0.25, -0.2) is 4.98 Å². The van der Waals surface area contributed by atoms with Crippen LogP contribution in [-0.4, -0.2) is 9.55 Å². The Bertz CT molecular complexity index is 364. The molecule has 0 bridgehead atoms. The molecule has 0 unspecified atom stereocenters. The van der Waals surface area contributed by atoms with Crippen LogP contribution in [-0.2, 0) is 13.0 Å². The van der Waals surface area contributed by atoms with E-state index in [9.17, 15) is 4.79 Å². The zero-order valence-electron chi connectivity index (χ0n) is 7.60. The molecule has 2 rings (SSSR count). The van der Waals surface area contributed by atoms with Crippen LogP contribution in [0.25, 0.3) is 0 Å². The molecule has 0 saturated heterocycles. The SMILES string of the molecule is Cl.Cl.Nc1cnc2n(c1=O)CCCC2. The Morgan fingerprint density at radius 2 is 2.07 bits per heavy atom. The van der Waals surface area contributed by atoms with E-state index in [-0.39, 0.29) is 36.1 Å². The van der Waals surface area contributed by atoms with Gasteiger partial charge in [0, 0.05) is 13.0 Å². The molecule has 1 aliphatic heterocycles. The van der Waals surface area contributed by atoms with Gasteiger partial charge in [0.05, 0.1) is 6.20 Å². The number of hydrogen-bond donors (Lipinski definition) is 1. The summed E-state index contributed by atoms with van der Waals surface area (Å²) in [5.74, 6) is 0.875. The molecule has 6 heteroatoms. The van der Waals surface area contributed by atoms with Crippen molar-refractivity contribution in [2.45, 2.75) is 25.8 Å². The molecule has 0 radical (unpaired) electrons. The van der Waals surface area contributed by atoms with Crippen LogP contribution in [0.4, 0.5) is 5.69 Å². The standard InChI is InChI=1S/C8H11N3O.2ClH/c9-6-5-10-7-3-1-2-4-11(7)8(6)12;;/h5H,1-4,9H2;2*1H. The van der Waals surface area contributed by atoms with Gasteiger partial charge in [0.15, 0.2) is 0 Å². The van der Waals surface area contributed by atoms with Gasteiger partial charge in [-0.1, -0.05) is 0 Å². The molecule has 2 heterocycles. The number of aryl methyl sites for hydroxylation is 1. The van der Waals surface area contributed by atoms with Gasteiger partial charge in [0.25, 0.3) is 5.56 Å². The van der Waals surface area contributed by atoms with Crippen molar-refractivity contribution < 1.29 is 0 Å². The fraction of sp³-hybridized carbons (Fsp3) is 0.500. The molecule has 1 aromatic heterocycles. The van der Waals surface area contributed by atoms with Gasteiger partial charge in [0.2, 0.25) is 0 Å². The van der Waals surface area contributed by atoms with E-state index in [0.717, 1.165) is 31.6 Å². The molecule has 0 fully saturated rings. The molecule has 0 aromatic carbocycles. The molecule has 80 valence electrons. The second kappa shape index (κ2) is 5.22. The first kappa shape index (κ1) is 13.3. The summed E-state index contributed by atoms with van der Waals surface area (Å²) in [5.41, 5.74) is 5.62. The molecular formula is C8H13Cl2N3O. The smallest absolute Gasteiger partial charge is 0.276 e. The fourth-order valence-electron chi connectivity index (χ4n) is 1.53. The molecule has 0 spiro atoms. The van der Waals surface area contributed by atoms with Crippen molar-refractivity contribution >= 4 is 30.5 Å². The highest BCUT2D eigenvalue weighted by molar-refractivity contribution is 5.85. The zero-order chi connectivity index (χ0) is 8.55. The molecule has 4 nitrogen and oxygen atoms in total. The van der Waals surface area contributed by atoms with Crippen molar-refractivity contribution in [3.05, 3.63) is 22.4 Å². The first-order chi connectivity index (χ1) is 5.79. The van der Waals surface area contributed by atoms with Gasteiger partial charge < -0.3 is 5.73 Å². The van der Waals surface area contributed by atoms with Crippen molar-refractivity contribution in [1.29, 1.82) is 0 Å². The largest absolute Gasteiger partial charge is 0.393 e. The number of halogens is 2. The molecule has 0 atom stereocenters. The maximum atomic E-state index is 11.4. The first-order valence-electron chi connectivity index (χ1n) is 4.13. The van der Waals surface area contributed by atoms with Crippen molar-refractivity contribution in [2.75, 3.05) is 5.73 Å². The van der Waals surface area contributed by atoms with E-state index in [1.807, 2.05) is 0 Å². The molecule has 14 heavy (non-hydrogen) atoms. The minimum atomic E-state index is -0.0836. The third-order valence-electron chi connectivity index (χ3n) is 2.19. The predicted octanol–water partition coefficient (Wildman–Crippen LogP) is 1.01. The van der Waals surface area contributed by atoms with Gasteiger partial charge in [-0.15, -0.1) is 24.8 Å². The third kappa shape index (κ3) is 2.19. The normalized spacial score (nSPS) is 13.4. The molecule has 1 aliphatic rings. The van der Waals surface area contributed by atoms with Gasteiger partial charge >= 0.3 is 0 Å². The second-order valence-electron chi connectivity index (χ2n) is 3.04. The van der Waals surface area contributed by atoms with Crippen molar-refractivity contribution in [3.63, 3.8) is 0 Å². The number of nitrogens with zero attached hydrogens (tertiary/aromatic N) is 2. The van der Waals surface area contributed by atoms with E-state index in [0.29, 0.717) is 0 Å². The Labute approximate surface area is 94.3 Å². The Morgan fingerprint density at radius 3 is 2.79 bits per heavy atom. The quantitative estimate of drug-likeness (QED) is 0.733. The average molecular weight is 238 g/mol. The lowest BCUT2D eigenvalue weighted by atomic mass is 10.1. The first-order valence-corrected chi connectivity index (χ1v) is 4.13. The van der Waals surface area contributed by atoms with E-state index in [4.69, 9.17) is 5.73 Å². The minimum absolute atomic E-state index is 0. The van der Waals surface area contributed by atoms with Crippen LogP contribution in [0.3, 0.4) is 0 Å². The summed E-state index contributed by atoms with van der Waals surface area (Å²) in [6, 6.07) is 0. The summed E-state index contributed by atoms with van der Waals surface area (Å²) in [6.07, 6.45) is 4.53. The van der Waals surface area contributed by atoms with E-state index in [1.165, 1.54) is 6.20 Å². The second-order valence-corrected chi connectivity index (χ2v) is 3.04. The maximum Gasteiger partial charge on any atom is 0.276 e. The molecule has 1 aromatic rings. The average Bonchev–Trinajstić information content (AvgIpc) is 2.12. The summed E-state index contributed by atoms with van der Waals surface area (Å²) in [6.45, 7) is 0.770.